The summed E-state index contributed by atoms with van der Waals surface area (Å²) in [5, 5.41) is 1.12. The molecule has 2 heterocycles. The van der Waals surface area contributed by atoms with Gasteiger partial charge in [-0.25, -0.2) is 4.39 Å². The first kappa shape index (κ1) is 20.1. The maximum atomic E-state index is 13.3. The molecule has 0 saturated carbocycles. The molecule has 0 bridgehead atoms. The Kier molecular flexibility index (Phi) is 5.18. The lowest BCUT2D eigenvalue weighted by molar-refractivity contribution is -0.131. The zero-order chi connectivity index (χ0) is 21.5. The second-order valence-electron chi connectivity index (χ2n) is 8.21. The van der Waals surface area contributed by atoms with Crippen LogP contribution in [-0.4, -0.2) is 47.8 Å². The van der Waals surface area contributed by atoms with E-state index in [0.717, 1.165) is 35.4 Å². The zero-order valence-electron chi connectivity index (χ0n) is 17.0. The van der Waals surface area contributed by atoms with Gasteiger partial charge in [0.1, 0.15) is 11.4 Å². The SMILES string of the molecule is O=C(Cc1coc2cc3c(cc12)CCC3)N1CCN(C(=O)c2ccc(F)cc2Cl)CC1. The molecule has 7 heteroatoms. The fourth-order valence-corrected chi connectivity index (χ4v) is 4.80. The molecular weight excluding hydrogens is 419 g/mol. The van der Waals surface area contributed by atoms with Crippen LogP contribution in [0.4, 0.5) is 4.39 Å². The lowest BCUT2D eigenvalue weighted by Gasteiger charge is -2.35. The predicted molar refractivity (Wildman–Crippen MR) is 116 cm³/mol. The summed E-state index contributed by atoms with van der Waals surface area (Å²) in [6.45, 7) is 1.74. The van der Waals surface area contributed by atoms with Gasteiger partial charge in [0.05, 0.1) is 23.3 Å². The molecule has 1 aliphatic heterocycles. The first-order valence-electron chi connectivity index (χ1n) is 10.5. The van der Waals surface area contributed by atoms with Gasteiger partial charge in [-0.2, -0.15) is 0 Å². The Bertz CT molecular complexity index is 1180. The van der Waals surface area contributed by atoms with Crippen molar-refractivity contribution in [2.75, 3.05) is 26.2 Å². The lowest BCUT2D eigenvalue weighted by Crippen LogP contribution is -2.51. The van der Waals surface area contributed by atoms with Crippen LogP contribution in [0.5, 0.6) is 0 Å². The topological polar surface area (TPSA) is 53.8 Å². The van der Waals surface area contributed by atoms with Gasteiger partial charge >= 0.3 is 0 Å². The Hall–Kier alpha value is -2.86. The Morgan fingerprint density at radius 3 is 2.45 bits per heavy atom. The molecule has 2 aliphatic rings. The molecule has 0 N–H and O–H groups in total. The van der Waals surface area contributed by atoms with Crippen molar-refractivity contribution in [1.29, 1.82) is 0 Å². The first-order valence-corrected chi connectivity index (χ1v) is 10.9. The highest BCUT2D eigenvalue weighted by Crippen LogP contribution is 2.31. The summed E-state index contributed by atoms with van der Waals surface area (Å²) >= 11 is 6.02. The van der Waals surface area contributed by atoms with Crippen molar-refractivity contribution in [1.82, 2.24) is 9.80 Å². The summed E-state index contributed by atoms with van der Waals surface area (Å²) in [7, 11) is 0. The van der Waals surface area contributed by atoms with Gasteiger partial charge in [-0.1, -0.05) is 11.6 Å². The third-order valence-electron chi connectivity index (χ3n) is 6.29. The fourth-order valence-electron chi connectivity index (χ4n) is 4.55. The second-order valence-corrected chi connectivity index (χ2v) is 8.61. The number of rotatable bonds is 3. The molecular formula is C24H22ClFN2O3. The minimum absolute atomic E-state index is 0.0233. The van der Waals surface area contributed by atoms with Crippen molar-refractivity contribution in [2.24, 2.45) is 0 Å². The van der Waals surface area contributed by atoms with E-state index in [4.69, 9.17) is 16.0 Å². The Morgan fingerprint density at radius 2 is 1.71 bits per heavy atom. The average molecular weight is 441 g/mol. The largest absolute Gasteiger partial charge is 0.464 e. The van der Waals surface area contributed by atoms with E-state index >= 15 is 0 Å². The van der Waals surface area contributed by atoms with Crippen LogP contribution in [0.25, 0.3) is 11.0 Å². The summed E-state index contributed by atoms with van der Waals surface area (Å²) in [5.41, 5.74) is 4.73. The number of piperazine rings is 1. The summed E-state index contributed by atoms with van der Waals surface area (Å²) in [5.74, 6) is -0.699. The fraction of sp³-hybridized carbons (Fsp3) is 0.333. The maximum absolute atomic E-state index is 13.3. The Balaban J connectivity index is 1.23. The number of hydrogen-bond acceptors (Lipinski definition) is 3. The van der Waals surface area contributed by atoms with Crippen LogP contribution in [0, 0.1) is 5.82 Å². The molecule has 31 heavy (non-hydrogen) atoms. The molecule has 2 amide bonds. The molecule has 0 spiro atoms. The highest BCUT2D eigenvalue weighted by molar-refractivity contribution is 6.33. The van der Waals surface area contributed by atoms with Crippen LogP contribution in [0.15, 0.2) is 41.0 Å². The van der Waals surface area contributed by atoms with E-state index in [2.05, 4.69) is 12.1 Å². The van der Waals surface area contributed by atoms with Crippen LogP contribution >= 0.6 is 11.6 Å². The van der Waals surface area contributed by atoms with Gasteiger partial charge in [0.15, 0.2) is 0 Å². The number of hydrogen-bond donors (Lipinski definition) is 0. The molecule has 5 nitrogen and oxygen atoms in total. The molecule has 1 fully saturated rings. The number of amides is 2. The molecule has 2 aromatic carbocycles. The van der Waals surface area contributed by atoms with Crippen molar-refractivity contribution in [3.8, 4) is 0 Å². The van der Waals surface area contributed by atoms with Gasteiger partial charge in [0.25, 0.3) is 5.91 Å². The Labute approximate surface area is 184 Å². The molecule has 1 saturated heterocycles. The molecule has 3 aromatic rings. The predicted octanol–water partition coefficient (Wildman–Crippen LogP) is 4.24. The number of aryl methyl sites for hydroxylation is 2. The zero-order valence-corrected chi connectivity index (χ0v) is 17.8. The van der Waals surface area contributed by atoms with Gasteiger partial charge in [0.2, 0.25) is 5.91 Å². The van der Waals surface area contributed by atoms with Gasteiger partial charge < -0.3 is 14.2 Å². The highest BCUT2D eigenvalue weighted by Gasteiger charge is 2.27. The third-order valence-corrected chi connectivity index (χ3v) is 6.60. The lowest BCUT2D eigenvalue weighted by atomic mass is 10.0. The molecule has 0 radical (unpaired) electrons. The number of benzene rings is 2. The summed E-state index contributed by atoms with van der Waals surface area (Å²) in [6.07, 6.45) is 5.31. The smallest absolute Gasteiger partial charge is 0.255 e. The van der Waals surface area contributed by atoms with E-state index in [1.165, 1.54) is 29.7 Å². The molecule has 5 rings (SSSR count). The van der Waals surface area contributed by atoms with E-state index in [-0.39, 0.29) is 28.8 Å². The molecule has 1 aromatic heterocycles. The van der Waals surface area contributed by atoms with Gasteiger partial charge in [-0.15, -0.1) is 0 Å². The summed E-state index contributed by atoms with van der Waals surface area (Å²) in [6, 6.07) is 8.05. The van der Waals surface area contributed by atoms with Gasteiger partial charge in [0, 0.05) is 37.1 Å². The molecule has 160 valence electrons. The molecule has 1 aliphatic carbocycles. The summed E-state index contributed by atoms with van der Waals surface area (Å²) in [4.78, 5) is 29.0. The second kappa shape index (κ2) is 8.00. The van der Waals surface area contributed by atoms with E-state index in [0.29, 0.717) is 26.2 Å². The van der Waals surface area contributed by atoms with E-state index in [1.54, 1.807) is 16.1 Å². The van der Waals surface area contributed by atoms with Crippen LogP contribution in [0.1, 0.15) is 33.5 Å². The normalized spacial score (nSPS) is 16.1. The van der Waals surface area contributed by atoms with Crippen LogP contribution in [0.2, 0.25) is 5.02 Å². The monoisotopic (exact) mass is 440 g/mol. The molecule has 0 unspecified atom stereocenters. The number of fused-ring (bicyclic) bond motifs is 2. The van der Waals surface area contributed by atoms with Crippen molar-refractivity contribution < 1.29 is 18.4 Å². The van der Waals surface area contributed by atoms with Crippen LogP contribution in [0.3, 0.4) is 0 Å². The van der Waals surface area contributed by atoms with E-state index in [1.807, 2.05) is 0 Å². The van der Waals surface area contributed by atoms with Crippen molar-refractivity contribution in [3.05, 3.63) is 69.7 Å². The third kappa shape index (κ3) is 3.81. The van der Waals surface area contributed by atoms with Crippen molar-refractivity contribution in [3.63, 3.8) is 0 Å². The Morgan fingerprint density at radius 1 is 1.00 bits per heavy atom. The van der Waals surface area contributed by atoms with E-state index < -0.39 is 5.82 Å². The minimum Gasteiger partial charge on any atom is -0.464 e. The maximum Gasteiger partial charge on any atom is 0.255 e. The standard InChI is InChI=1S/C24H22ClFN2O3/c25-21-13-18(26)4-5-19(21)24(30)28-8-6-27(7-9-28)23(29)12-17-14-31-22-11-16-3-1-2-15(16)10-20(17)22/h4-5,10-11,13-14H,1-3,6-9,12H2. The van der Waals surface area contributed by atoms with Gasteiger partial charge in [-0.3, -0.25) is 9.59 Å². The van der Waals surface area contributed by atoms with Crippen LogP contribution < -0.4 is 0 Å². The number of furan rings is 1. The van der Waals surface area contributed by atoms with Crippen molar-refractivity contribution >= 4 is 34.4 Å². The van der Waals surface area contributed by atoms with E-state index in [9.17, 15) is 14.0 Å². The number of carbonyl (C=O) groups is 2. The number of carbonyl (C=O) groups excluding carboxylic acids is 2. The first-order chi connectivity index (χ1) is 15.0. The molecule has 0 atom stereocenters. The quantitative estimate of drug-likeness (QED) is 0.612. The highest BCUT2D eigenvalue weighted by atomic mass is 35.5. The van der Waals surface area contributed by atoms with Crippen molar-refractivity contribution in [2.45, 2.75) is 25.7 Å². The van der Waals surface area contributed by atoms with Gasteiger partial charge in [-0.05, 0) is 60.7 Å². The summed E-state index contributed by atoms with van der Waals surface area (Å²) < 4.78 is 19.0. The number of halogens is 2. The van der Waals surface area contributed by atoms with Crippen LogP contribution in [-0.2, 0) is 24.1 Å². The number of nitrogens with zero attached hydrogens (tertiary/aromatic N) is 2. The minimum atomic E-state index is -0.478. The average Bonchev–Trinajstić information content (AvgIpc) is 3.38.